The Kier molecular flexibility index (Phi) is 6.77. The predicted octanol–water partition coefficient (Wildman–Crippen LogP) is 2.22. The zero-order valence-electron chi connectivity index (χ0n) is 17.3. The van der Waals surface area contributed by atoms with Crippen LogP contribution in [-0.2, 0) is 24.8 Å². The molecular weight excluding hydrogens is 452 g/mol. The monoisotopic (exact) mass is 476 g/mol. The maximum Gasteiger partial charge on any atom is 0.243 e. The molecule has 1 N–H and O–H groups in total. The molecule has 0 aliphatic carbocycles. The molecule has 0 bridgehead atoms. The first-order chi connectivity index (χ1) is 15.4. The highest BCUT2D eigenvalue weighted by molar-refractivity contribution is 7.89. The third-order valence-corrected chi connectivity index (χ3v) is 8.50. The van der Waals surface area contributed by atoms with Gasteiger partial charge >= 0.3 is 0 Å². The SMILES string of the molecule is O=S(=O)(NCCOc1ccc(S(=O)(=O)N2CCOCC2)cc1)c1ccc2ccccc2c1. The van der Waals surface area contributed by atoms with Gasteiger partial charge in [-0.25, -0.2) is 21.6 Å². The average Bonchev–Trinajstić information content (AvgIpc) is 2.82. The van der Waals surface area contributed by atoms with Gasteiger partial charge in [-0.1, -0.05) is 30.3 Å². The third kappa shape index (κ3) is 5.11. The molecule has 3 aromatic rings. The molecular formula is C22H24N2O6S2. The number of ether oxygens (including phenoxy) is 2. The van der Waals surface area contributed by atoms with E-state index in [-0.39, 0.29) is 22.9 Å². The second-order valence-corrected chi connectivity index (χ2v) is 10.9. The molecule has 1 aliphatic rings. The van der Waals surface area contributed by atoms with Gasteiger partial charge in [0.15, 0.2) is 0 Å². The van der Waals surface area contributed by atoms with Crippen molar-refractivity contribution in [1.82, 2.24) is 9.03 Å². The summed E-state index contributed by atoms with van der Waals surface area (Å²) < 4.78 is 65.1. The van der Waals surface area contributed by atoms with Crippen LogP contribution in [0, 0.1) is 0 Å². The zero-order chi connectivity index (χ0) is 22.6. The molecule has 0 unspecified atom stereocenters. The highest BCUT2D eigenvalue weighted by Gasteiger charge is 2.26. The van der Waals surface area contributed by atoms with Crippen molar-refractivity contribution in [2.75, 3.05) is 39.5 Å². The van der Waals surface area contributed by atoms with E-state index in [1.807, 2.05) is 24.3 Å². The van der Waals surface area contributed by atoms with Gasteiger partial charge in [0.05, 0.1) is 23.0 Å². The van der Waals surface area contributed by atoms with Crippen LogP contribution in [0.4, 0.5) is 0 Å². The van der Waals surface area contributed by atoms with Crippen LogP contribution in [0.3, 0.4) is 0 Å². The summed E-state index contributed by atoms with van der Waals surface area (Å²) in [6.07, 6.45) is 0. The Balaban J connectivity index is 1.32. The van der Waals surface area contributed by atoms with Crippen molar-refractivity contribution in [1.29, 1.82) is 0 Å². The number of morpholine rings is 1. The van der Waals surface area contributed by atoms with Crippen LogP contribution < -0.4 is 9.46 Å². The van der Waals surface area contributed by atoms with Crippen molar-refractivity contribution >= 4 is 30.8 Å². The fraction of sp³-hybridized carbons (Fsp3) is 0.273. The Morgan fingerprint density at radius 1 is 0.844 bits per heavy atom. The van der Waals surface area contributed by atoms with Gasteiger partial charge < -0.3 is 9.47 Å². The van der Waals surface area contributed by atoms with E-state index in [0.29, 0.717) is 32.1 Å². The average molecular weight is 477 g/mol. The molecule has 1 aliphatic heterocycles. The van der Waals surface area contributed by atoms with Crippen LogP contribution in [0.5, 0.6) is 5.75 Å². The Hall–Kier alpha value is -2.50. The van der Waals surface area contributed by atoms with Gasteiger partial charge in [-0.2, -0.15) is 4.31 Å². The maximum absolute atomic E-state index is 12.6. The van der Waals surface area contributed by atoms with Crippen molar-refractivity contribution in [3.05, 3.63) is 66.7 Å². The lowest BCUT2D eigenvalue weighted by molar-refractivity contribution is 0.0730. The molecule has 1 fully saturated rings. The summed E-state index contributed by atoms with van der Waals surface area (Å²) in [5.41, 5.74) is 0. The van der Waals surface area contributed by atoms with E-state index in [1.165, 1.54) is 16.4 Å². The second-order valence-electron chi connectivity index (χ2n) is 7.24. The Morgan fingerprint density at radius 2 is 1.50 bits per heavy atom. The lowest BCUT2D eigenvalue weighted by atomic mass is 10.1. The van der Waals surface area contributed by atoms with Crippen LogP contribution in [0.2, 0.25) is 0 Å². The summed E-state index contributed by atoms with van der Waals surface area (Å²) in [5.74, 6) is 0.454. The molecule has 170 valence electrons. The molecule has 0 atom stereocenters. The summed E-state index contributed by atoms with van der Waals surface area (Å²) in [7, 11) is -7.23. The number of nitrogens with zero attached hydrogens (tertiary/aromatic N) is 1. The van der Waals surface area contributed by atoms with E-state index in [4.69, 9.17) is 9.47 Å². The fourth-order valence-corrected chi connectivity index (χ4v) is 5.86. The third-order valence-electron chi connectivity index (χ3n) is 5.13. The van der Waals surface area contributed by atoms with Crippen LogP contribution >= 0.6 is 0 Å². The van der Waals surface area contributed by atoms with Gasteiger partial charge in [0.2, 0.25) is 20.0 Å². The highest BCUT2D eigenvalue weighted by atomic mass is 32.2. The molecule has 0 radical (unpaired) electrons. The van der Waals surface area contributed by atoms with Crippen molar-refractivity contribution in [3.63, 3.8) is 0 Å². The van der Waals surface area contributed by atoms with Crippen molar-refractivity contribution in [2.24, 2.45) is 0 Å². The summed E-state index contributed by atoms with van der Waals surface area (Å²) >= 11 is 0. The standard InChI is InChI=1S/C22H24N2O6S2/c25-31(26,22-8-5-18-3-1-2-4-19(18)17-22)23-11-14-30-20-6-9-21(10-7-20)32(27,28)24-12-15-29-16-13-24/h1-10,17,23H,11-16H2. The molecule has 4 rings (SSSR count). The van der Waals surface area contributed by atoms with E-state index in [2.05, 4.69) is 4.72 Å². The summed E-state index contributed by atoms with van der Waals surface area (Å²) in [6.45, 7) is 1.60. The molecule has 0 aromatic heterocycles. The smallest absolute Gasteiger partial charge is 0.243 e. The number of hydrogen-bond acceptors (Lipinski definition) is 6. The maximum atomic E-state index is 12.6. The van der Waals surface area contributed by atoms with Gasteiger partial charge in [-0.15, -0.1) is 0 Å². The molecule has 1 saturated heterocycles. The van der Waals surface area contributed by atoms with Crippen molar-refractivity contribution in [3.8, 4) is 5.75 Å². The largest absolute Gasteiger partial charge is 0.492 e. The molecule has 3 aromatic carbocycles. The number of hydrogen-bond donors (Lipinski definition) is 1. The van der Waals surface area contributed by atoms with Crippen LogP contribution in [0.1, 0.15) is 0 Å². The number of sulfonamides is 2. The van der Waals surface area contributed by atoms with Gasteiger partial charge in [0, 0.05) is 19.6 Å². The normalized spacial score (nSPS) is 15.6. The lowest BCUT2D eigenvalue weighted by Gasteiger charge is -2.26. The van der Waals surface area contributed by atoms with Crippen molar-refractivity contribution < 1.29 is 26.3 Å². The minimum absolute atomic E-state index is 0.0724. The first-order valence-electron chi connectivity index (χ1n) is 10.2. The second kappa shape index (κ2) is 9.55. The van der Waals surface area contributed by atoms with Gasteiger partial charge in [0.1, 0.15) is 12.4 Å². The van der Waals surface area contributed by atoms with Crippen LogP contribution in [0.15, 0.2) is 76.5 Å². The molecule has 0 spiro atoms. The molecule has 0 saturated carbocycles. The summed E-state index contributed by atoms with van der Waals surface area (Å²) in [6, 6.07) is 18.6. The number of benzene rings is 3. The van der Waals surface area contributed by atoms with E-state index in [1.54, 1.807) is 30.3 Å². The van der Waals surface area contributed by atoms with E-state index in [9.17, 15) is 16.8 Å². The van der Waals surface area contributed by atoms with Gasteiger partial charge in [-0.05, 0) is 47.2 Å². The number of fused-ring (bicyclic) bond motifs is 1. The molecule has 10 heteroatoms. The number of rotatable bonds is 8. The predicted molar refractivity (Wildman–Crippen MR) is 121 cm³/mol. The molecule has 0 amide bonds. The fourth-order valence-electron chi connectivity index (χ4n) is 3.41. The summed E-state index contributed by atoms with van der Waals surface area (Å²) in [5, 5.41) is 1.81. The van der Waals surface area contributed by atoms with Crippen LogP contribution in [0.25, 0.3) is 10.8 Å². The minimum atomic E-state index is -3.67. The molecule has 1 heterocycles. The van der Waals surface area contributed by atoms with E-state index < -0.39 is 20.0 Å². The topological polar surface area (TPSA) is 102 Å². The Morgan fingerprint density at radius 3 is 2.22 bits per heavy atom. The van der Waals surface area contributed by atoms with Crippen LogP contribution in [-0.4, -0.2) is 60.6 Å². The number of nitrogens with one attached hydrogen (secondary N) is 1. The highest BCUT2D eigenvalue weighted by Crippen LogP contribution is 2.21. The van der Waals surface area contributed by atoms with Crippen molar-refractivity contribution in [2.45, 2.75) is 9.79 Å². The zero-order valence-corrected chi connectivity index (χ0v) is 18.9. The Labute approximate surface area is 187 Å². The quantitative estimate of drug-likeness (QED) is 0.500. The van der Waals surface area contributed by atoms with Gasteiger partial charge in [-0.3, -0.25) is 0 Å². The molecule has 8 nitrogen and oxygen atoms in total. The summed E-state index contributed by atoms with van der Waals surface area (Å²) in [4.78, 5) is 0.373. The first kappa shape index (κ1) is 22.7. The minimum Gasteiger partial charge on any atom is -0.492 e. The molecule has 32 heavy (non-hydrogen) atoms. The first-order valence-corrected chi connectivity index (χ1v) is 13.1. The Bertz CT molecular complexity index is 1290. The lowest BCUT2D eigenvalue weighted by Crippen LogP contribution is -2.40. The van der Waals surface area contributed by atoms with E-state index in [0.717, 1.165) is 10.8 Å². The van der Waals surface area contributed by atoms with E-state index >= 15 is 0 Å². The van der Waals surface area contributed by atoms with Gasteiger partial charge in [0.25, 0.3) is 0 Å².